The third-order valence-corrected chi connectivity index (χ3v) is 4.15. The van der Waals surface area contributed by atoms with Gasteiger partial charge in [-0.3, -0.25) is 4.79 Å². The van der Waals surface area contributed by atoms with Crippen LogP contribution in [0.3, 0.4) is 0 Å². The van der Waals surface area contributed by atoms with Crippen molar-refractivity contribution < 1.29 is 13.9 Å². The van der Waals surface area contributed by atoms with E-state index in [0.29, 0.717) is 32.6 Å². The van der Waals surface area contributed by atoms with Gasteiger partial charge in [0.2, 0.25) is 5.91 Å². The monoisotopic (exact) mass is 381 g/mol. The second-order valence-corrected chi connectivity index (χ2v) is 6.01. The summed E-state index contributed by atoms with van der Waals surface area (Å²) >= 11 is 0. The van der Waals surface area contributed by atoms with E-state index in [2.05, 4.69) is 5.32 Å². The van der Waals surface area contributed by atoms with Crippen molar-refractivity contribution in [3.8, 4) is 0 Å². The van der Waals surface area contributed by atoms with Gasteiger partial charge < -0.3 is 20.7 Å². The average molecular weight is 382 g/mol. The smallest absolute Gasteiger partial charge is 0.240 e. The van der Waals surface area contributed by atoms with Gasteiger partial charge >= 0.3 is 0 Å². The number of halogens is 3. The zero-order chi connectivity index (χ0) is 16.2. The lowest BCUT2D eigenvalue weighted by molar-refractivity contribution is -0.130. The van der Waals surface area contributed by atoms with Crippen LogP contribution in [0.1, 0.15) is 24.4 Å². The molecular weight excluding hydrogens is 356 g/mol. The number of ether oxygens (including phenoxy) is 1. The molecule has 0 aliphatic carbocycles. The standard InChI is InChI=1S/C16H24FN3O2.2ClH/c1-20(2)14(12-4-3-5-13(17)10-12)11-19-15(21)16(18)6-8-22-9-7-16;;/h3-5,10,14H,6-9,11,18H2,1-2H3,(H,19,21);2*1H. The Morgan fingerprint density at radius 3 is 2.54 bits per heavy atom. The summed E-state index contributed by atoms with van der Waals surface area (Å²) in [7, 11) is 3.79. The lowest BCUT2D eigenvalue weighted by Gasteiger charge is -2.33. The first-order valence-electron chi connectivity index (χ1n) is 7.49. The van der Waals surface area contributed by atoms with Crippen LogP contribution >= 0.6 is 24.8 Å². The molecule has 1 aliphatic rings. The first-order valence-corrected chi connectivity index (χ1v) is 7.49. The highest BCUT2D eigenvalue weighted by atomic mass is 35.5. The molecule has 2 rings (SSSR count). The summed E-state index contributed by atoms with van der Waals surface area (Å²) in [6.07, 6.45) is 1.04. The molecule has 3 N–H and O–H groups in total. The predicted octanol–water partition coefficient (Wildman–Crippen LogP) is 1.90. The zero-order valence-corrected chi connectivity index (χ0v) is 15.6. The maximum atomic E-state index is 13.4. The minimum absolute atomic E-state index is 0. The molecule has 24 heavy (non-hydrogen) atoms. The van der Waals surface area contributed by atoms with Gasteiger partial charge in [-0.05, 0) is 44.6 Å². The van der Waals surface area contributed by atoms with Crippen molar-refractivity contribution in [2.45, 2.75) is 24.4 Å². The number of carbonyl (C=O) groups excluding carboxylic acids is 1. The van der Waals surface area contributed by atoms with Gasteiger partial charge in [-0.25, -0.2) is 4.39 Å². The molecule has 0 spiro atoms. The largest absolute Gasteiger partial charge is 0.381 e. The summed E-state index contributed by atoms with van der Waals surface area (Å²) < 4.78 is 18.7. The number of rotatable bonds is 5. The molecule has 1 atom stereocenters. The molecule has 5 nitrogen and oxygen atoms in total. The molecule has 0 aromatic heterocycles. The zero-order valence-electron chi connectivity index (χ0n) is 14.0. The van der Waals surface area contributed by atoms with E-state index in [1.54, 1.807) is 6.07 Å². The molecule has 1 aromatic carbocycles. The molecule has 1 fully saturated rings. The second-order valence-electron chi connectivity index (χ2n) is 6.01. The van der Waals surface area contributed by atoms with E-state index in [1.165, 1.54) is 12.1 Å². The Morgan fingerprint density at radius 2 is 2.00 bits per heavy atom. The molecule has 1 heterocycles. The van der Waals surface area contributed by atoms with Crippen LogP contribution in [-0.2, 0) is 9.53 Å². The number of carbonyl (C=O) groups is 1. The fourth-order valence-electron chi connectivity index (χ4n) is 2.64. The minimum atomic E-state index is -0.864. The molecule has 1 aromatic rings. The van der Waals surface area contributed by atoms with Crippen molar-refractivity contribution in [3.63, 3.8) is 0 Å². The lowest BCUT2D eigenvalue weighted by Crippen LogP contribution is -2.57. The van der Waals surface area contributed by atoms with Crippen LogP contribution in [0.5, 0.6) is 0 Å². The van der Waals surface area contributed by atoms with E-state index in [-0.39, 0.29) is 42.6 Å². The second kappa shape index (κ2) is 10.2. The molecular formula is C16H26Cl2FN3O2. The van der Waals surface area contributed by atoms with Crippen LogP contribution in [0.15, 0.2) is 24.3 Å². The molecule has 0 radical (unpaired) electrons. The molecule has 1 unspecified atom stereocenters. The normalized spacial score (nSPS) is 17.4. The van der Waals surface area contributed by atoms with Crippen molar-refractivity contribution in [1.82, 2.24) is 10.2 Å². The Morgan fingerprint density at radius 1 is 1.38 bits per heavy atom. The highest BCUT2D eigenvalue weighted by Crippen LogP contribution is 2.20. The molecule has 8 heteroatoms. The van der Waals surface area contributed by atoms with E-state index >= 15 is 0 Å². The maximum absolute atomic E-state index is 13.4. The highest BCUT2D eigenvalue weighted by Gasteiger charge is 2.36. The van der Waals surface area contributed by atoms with Crippen LogP contribution in [0.4, 0.5) is 4.39 Å². The van der Waals surface area contributed by atoms with Crippen LogP contribution in [0.2, 0.25) is 0 Å². The maximum Gasteiger partial charge on any atom is 0.240 e. The summed E-state index contributed by atoms with van der Waals surface area (Å²) in [6.45, 7) is 1.39. The van der Waals surface area contributed by atoms with Gasteiger partial charge in [0.1, 0.15) is 5.82 Å². The van der Waals surface area contributed by atoms with E-state index in [0.717, 1.165) is 5.56 Å². The Balaban J connectivity index is 0.00000264. The predicted molar refractivity (Wildman–Crippen MR) is 97.3 cm³/mol. The molecule has 1 saturated heterocycles. The third kappa shape index (κ3) is 5.86. The molecule has 0 saturated carbocycles. The highest BCUT2D eigenvalue weighted by molar-refractivity contribution is 5.86. The third-order valence-electron chi connectivity index (χ3n) is 4.15. The minimum Gasteiger partial charge on any atom is -0.381 e. The van der Waals surface area contributed by atoms with Crippen molar-refractivity contribution in [2.24, 2.45) is 5.73 Å². The van der Waals surface area contributed by atoms with E-state index in [1.807, 2.05) is 25.1 Å². The Labute approximate surface area is 154 Å². The molecule has 1 aliphatic heterocycles. The fourth-order valence-corrected chi connectivity index (χ4v) is 2.64. The summed E-state index contributed by atoms with van der Waals surface area (Å²) in [4.78, 5) is 14.3. The summed E-state index contributed by atoms with van der Waals surface area (Å²) in [6, 6.07) is 6.32. The van der Waals surface area contributed by atoms with Crippen molar-refractivity contribution in [3.05, 3.63) is 35.6 Å². The Hall–Kier alpha value is -0.920. The van der Waals surface area contributed by atoms with E-state index in [4.69, 9.17) is 10.5 Å². The SMILES string of the molecule is CN(C)C(CNC(=O)C1(N)CCOCC1)c1cccc(F)c1.Cl.Cl. The summed E-state index contributed by atoms with van der Waals surface area (Å²) in [5.41, 5.74) is 6.12. The van der Waals surface area contributed by atoms with Crippen molar-refractivity contribution in [1.29, 1.82) is 0 Å². The first-order chi connectivity index (χ1) is 10.4. The molecule has 138 valence electrons. The average Bonchev–Trinajstić information content (AvgIpc) is 2.47. The number of nitrogens with zero attached hydrogens (tertiary/aromatic N) is 1. The fraction of sp³-hybridized carbons (Fsp3) is 0.562. The number of hydrogen-bond acceptors (Lipinski definition) is 4. The van der Waals surface area contributed by atoms with Gasteiger partial charge in [-0.15, -0.1) is 24.8 Å². The summed E-state index contributed by atoms with van der Waals surface area (Å²) in [5.74, 6) is -0.450. The number of nitrogens with two attached hydrogens (primary N) is 1. The molecule has 0 bridgehead atoms. The van der Waals surface area contributed by atoms with Crippen LogP contribution in [-0.4, -0.2) is 50.2 Å². The van der Waals surface area contributed by atoms with Gasteiger partial charge in [0, 0.05) is 19.8 Å². The van der Waals surface area contributed by atoms with Crippen molar-refractivity contribution in [2.75, 3.05) is 33.9 Å². The number of hydrogen-bond donors (Lipinski definition) is 2. The number of nitrogens with one attached hydrogen (secondary N) is 1. The van der Waals surface area contributed by atoms with Gasteiger partial charge in [-0.2, -0.15) is 0 Å². The van der Waals surface area contributed by atoms with Crippen molar-refractivity contribution >= 4 is 30.7 Å². The van der Waals surface area contributed by atoms with E-state index < -0.39 is 5.54 Å². The number of likely N-dealkylation sites (N-methyl/N-ethyl adjacent to an activating group) is 1. The molecule has 1 amide bonds. The van der Waals surface area contributed by atoms with Gasteiger partial charge in [0.25, 0.3) is 0 Å². The lowest BCUT2D eigenvalue weighted by atomic mass is 9.90. The first kappa shape index (κ1) is 23.1. The Kier molecular flexibility index (Phi) is 9.77. The number of benzene rings is 1. The van der Waals surface area contributed by atoms with Gasteiger partial charge in [0.15, 0.2) is 0 Å². The summed E-state index contributed by atoms with van der Waals surface area (Å²) in [5, 5.41) is 2.91. The van der Waals surface area contributed by atoms with Crippen LogP contribution in [0.25, 0.3) is 0 Å². The topological polar surface area (TPSA) is 67.6 Å². The van der Waals surface area contributed by atoms with Gasteiger partial charge in [-0.1, -0.05) is 12.1 Å². The van der Waals surface area contributed by atoms with Crippen LogP contribution in [0, 0.1) is 5.82 Å². The van der Waals surface area contributed by atoms with Crippen LogP contribution < -0.4 is 11.1 Å². The van der Waals surface area contributed by atoms with E-state index in [9.17, 15) is 9.18 Å². The van der Waals surface area contributed by atoms with Gasteiger partial charge in [0.05, 0.1) is 11.6 Å². The Bertz CT molecular complexity index is 526. The quantitative estimate of drug-likeness (QED) is 0.816. The number of amides is 1.